The Labute approximate surface area is 119 Å². The van der Waals surface area contributed by atoms with Gasteiger partial charge in [0.15, 0.2) is 0 Å². The molecule has 1 aliphatic heterocycles. The minimum absolute atomic E-state index is 0.158. The minimum Gasteiger partial charge on any atom is -0.480 e. The van der Waals surface area contributed by atoms with Gasteiger partial charge in [-0.05, 0) is 18.3 Å². The van der Waals surface area contributed by atoms with E-state index in [2.05, 4.69) is 6.58 Å². The molecule has 20 heavy (non-hydrogen) atoms. The van der Waals surface area contributed by atoms with Crippen LogP contribution < -0.4 is 0 Å². The summed E-state index contributed by atoms with van der Waals surface area (Å²) in [7, 11) is 0. The van der Waals surface area contributed by atoms with Crippen LogP contribution in [0.25, 0.3) is 0 Å². The first kappa shape index (κ1) is 16.5. The second-order valence-corrected chi connectivity index (χ2v) is 5.77. The van der Waals surface area contributed by atoms with Crippen LogP contribution in [0.2, 0.25) is 0 Å². The Morgan fingerprint density at radius 2 is 2.15 bits per heavy atom. The zero-order valence-electron chi connectivity index (χ0n) is 12.2. The summed E-state index contributed by atoms with van der Waals surface area (Å²) >= 11 is 0. The van der Waals surface area contributed by atoms with Crippen molar-refractivity contribution >= 4 is 12.0 Å². The number of hydrogen-bond acceptors (Lipinski definition) is 3. The highest BCUT2D eigenvalue weighted by molar-refractivity contribution is 5.83. The molecule has 1 fully saturated rings. The number of carbonyl (C=O) groups excluding carboxylic acids is 1. The third kappa shape index (κ3) is 3.50. The minimum atomic E-state index is -0.981. The molecule has 1 saturated heterocycles. The Kier molecular flexibility index (Phi) is 5.56. The summed E-state index contributed by atoms with van der Waals surface area (Å²) in [6.45, 7) is 8.06. The maximum absolute atomic E-state index is 12.5. The second kappa shape index (κ2) is 6.74. The molecule has 0 saturated carbocycles. The largest absolute Gasteiger partial charge is 0.480 e. The fourth-order valence-corrected chi connectivity index (χ4v) is 2.79. The lowest BCUT2D eigenvalue weighted by atomic mass is 9.76. The van der Waals surface area contributed by atoms with Crippen molar-refractivity contribution in [1.82, 2.24) is 9.80 Å². The van der Waals surface area contributed by atoms with Gasteiger partial charge < -0.3 is 20.0 Å². The summed E-state index contributed by atoms with van der Waals surface area (Å²) in [5.41, 5.74) is -0.460. The van der Waals surface area contributed by atoms with Gasteiger partial charge in [-0.3, -0.25) is 0 Å². The smallest absolute Gasteiger partial charge is 0.327 e. The van der Waals surface area contributed by atoms with Crippen LogP contribution in [0.4, 0.5) is 4.79 Å². The summed E-state index contributed by atoms with van der Waals surface area (Å²) < 4.78 is 0. The van der Waals surface area contributed by atoms with Gasteiger partial charge >= 0.3 is 12.0 Å². The first-order valence-electron chi connectivity index (χ1n) is 6.85. The molecule has 1 atom stereocenters. The van der Waals surface area contributed by atoms with E-state index in [0.717, 1.165) is 12.8 Å². The van der Waals surface area contributed by atoms with Crippen LogP contribution in [-0.2, 0) is 4.79 Å². The lowest BCUT2D eigenvalue weighted by molar-refractivity contribution is -0.148. The molecule has 1 rings (SSSR count). The number of urea groups is 1. The monoisotopic (exact) mass is 284 g/mol. The van der Waals surface area contributed by atoms with Crippen LogP contribution >= 0.6 is 0 Å². The highest BCUT2D eigenvalue weighted by Gasteiger charge is 2.45. The Hall–Kier alpha value is -1.56. The molecule has 0 bridgehead atoms. The molecule has 114 valence electrons. The molecule has 0 aliphatic carbocycles. The maximum Gasteiger partial charge on any atom is 0.327 e. The third-order valence-electron chi connectivity index (χ3n) is 3.74. The lowest BCUT2D eigenvalue weighted by Gasteiger charge is -2.45. The molecular formula is C14H24N2O4. The number of nitrogens with zero attached hydrogens (tertiary/aromatic N) is 2. The van der Waals surface area contributed by atoms with Crippen molar-refractivity contribution in [3.05, 3.63) is 12.7 Å². The van der Waals surface area contributed by atoms with Crippen molar-refractivity contribution < 1.29 is 19.8 Å². The molecule has 1 heterocycles. The number of aliphatic hydroxyl groups excluding tert-OH is 1. The molecule has 0 aromatic carbocycles. The van der Waals surface area contributed by atoms with Gasteiger partial charge in [0.1, 0.15) is 6.04 Å². The fourth-order valence-electron chi connectivity index (χ4n) is 2.79. The van der Waals surface area contributed by atoms with Gasteiger partial charge in [0, 0.05) is 19.6 Å². The molecule has 1 aliphatic rings. The van der Waals surface area contributed by atoms with Gasteiger partial charge in [-0.2, -0.15) is 0 Å². The number of aliphatic carboxylic acids is 1. The van der Waals surface area contributed by atoms with E-state index in [9.17, 15) is 14.7 Å². The molecule has 2 N–H and O–H groups in total. The number of aliphatic hydroxyl groups is 1. The predicted octanol–water partition coefficient (Wildman–Crippen LogP) is 1.16. The normalized spacial score (nSPS) is 21.4. The molecule has 0 aromatic heterocycles. The summed E-state index contributed by atoms with van der Waals surface area (Å²) in [6, 6.07) is -1.19. The van der Waals surface area contributed by atoms with E-state index < -0.39 is 17.4 Å². The van der Waals surface area contributed by atoms with Crippen molar-refractivity contribution in [2.24, 2.45) is 5.41 Å². The van der Waals surface area contributed by atoms with Gasteiger partial charge in [0.25, 0.3) is 0 Å². The van der Waals surface area contributed by atoms with E-state index in [1.807, 2.05) is 13.8 Å². The van der Waals surface area contributed by atoms with Crippen molar-refractivity contribution in [1.29, 1.82) is 0 Å². The third-order valence-corrected chi connectivity index (χ3v) is 3.74. The van der Waals surface area contributed by atoms with Crippen LogP contribution in [-0.4, -0.2) is 64.3 Å². The van der Waals surface area contributed by atoms with Crippen LogP contribution in [0.5, 0.6) is 0 Å². The van der Waals surface area contributed by atoms with Crippen LogP contribution in [0.3, 0.4) is 0 Å². The Morgan fingerprint density at radius 1 is 1.50 bits per heavy atom. The number of amides is 2. The maximum atomic E-state index is 12.5. The zero-order valence-corrected chi connectivity index (χ0v) is 12.2. The first-order valence-corrected chi connectivity index (χ1v) is 6.85. The number of carboxylic acid groups (broad SMARTS) is 1. The Bertz CT molecular complexity index is 381. The SMILES string of the molecule is C=CCN(CCO)C(=O)N1CCCC(C)(C)C1C(=O)O. The van der Waals surface area contributed by atoms with E-state index >= 15 is 0 Å². The molecule has 6 nitrogen and oxygen atoms in total. The number of carboxylic acids is 1. The van der Waals surface area contributed by atoms with Crippen LogP contribution in [0.15, 0.2) is 12.7 Å². The molecule has 0 spiro atoms. The van der Waals surface area contributed by atoms with Crippen LogP contribution in [0, 0.1) is 5.41 Å². The van der Waals surface area contributed by atoms with Gasteiger partial charge in [0.2, 0.25) is 0 Å². The van der Waals surface area contributed by atoms with E-state index in [1.54, 1.807) is 6.08 Å². The lowest BCUT2D eigenvalue weighted by Crippen LogP contribution is -2.59. The molecule has 0 aromatic rings. The van der Waals surface area contributed by atoms with Crippen molar-refractivity contribution in [3.63, 3.8) is 0 Å². The standard InChI is InChI=1S/C14H24N2O4/c1-4-7-15(9-10-17)13(20)16-8-5-6-14(2,3)11(16)12(18)19/h4,11,17H,1,5-10H2,2-3H3,(H,18,19). The number of rotatable bonds is 5. The molecule has 0 radical (unpaired) electrons. The molecule has 6 heteroatoms. The first-order chi connectivity index (χ1) is 9.35. The Morgan fingerprint density at radius 3 is 2.65 bits per heavy atom. The van der Waals surface area contributed by atoms with Gasteiger partial charge in [0.05, 0.1) is 6.61 Å². The summed E-state index contributed by atoms with van der Waals surface area (Å²) in [5.74, 6) is -0.981. The average molecular weight is 284 g/mol. The van der Waals surface area contributed by atoms with Gasteiger partial charge in [-0.15, -0.1) is 6.58 Å². The topological polar surface area (TPSA) is 81.1 Å². The quantitative estimate of drug-likeness (QED) is 0.742. The van der Waals surface area contributed by atoms with Crippen LogP contribution in [0.1, 0.15) is 26.7 Å². The predicted molar refractivity (Wildman–Crippen MR) is 75.4 cm³/mol. The average Bonchev–Trinajstić information content (AvgIpc) is 2.35. The second-order valence-electron chi connectivity index (χ2n) is 5.77. The van der Waals surface area contributed by atoms with Crippen molar-refractivity contribution in [3.8, 4) is 0 Å². The van der Waals surface area contributed by atoms with Crippen molar-refractivity contribution in [2.75, 3.05) is 26.2 Å². The Balaban J connectivity index is 2.97. The van der Waals surface area contributed by atoms with E-state index in [1.165, 1.54) is 9.80 Å². The molecule has 2 amide bonds. The number of hydrogen-bond donors (Lipinski definition) is 2. The number of likely N-dealkylation sites (tertiary alicyclic amines) is 1. The summed E-state index contributed by atoms with van der Waals surface area (Å²) in [4.78, 5) is 26.9. The highest BCUT2D eigenvalue weighted by Crippen LogP contribution is 2.35. The molecule has 1 unspecified atom stereocenters. The van der Waals surface area contributed by atoms with Gasteiger partial charge in [-0.1, -0.05) is 19.9 Å². The highest BCUT2D eigenvalue weighted by atomic mass is 16.4. The summed E-state index contributed by atoms with van der Waals surface area (Å²) in [6.07, 6.45) is 3.12. The van der Waals surface area contributed by atoms with E-state index in [0.29, 0.717) is 13.1 Å². The van der Waals surface area contributed by atoms with E-state index in [4.69, 9.17) is 5.11 Å². The molecular weight excluding hydrogens is 260 g/mol. The van der Waals surface area contributed by atoms with Gasteiger partial charge in [-0.25, -0.2) is 9.59 Å². The fraction of sp³-hybridized carbons (Fsp3) is 0.714. The zero-order chi connectivity index (χ0) is 15.3. The number of carbonyl (C=O) groups is 2. The summed E-state index contributed by atoms with van der Waals surface area (Å²) in [5, 5.41) is 18.5. The van der Waals surface area contributed by atoms with E-state index in [-0.39, 0.29) is 19.2 Å². The van der Waals surface area contributed by atoms with Crippen molar-refractivity contribution in [2.45, 2.75) is 32.7 Å². The number of piperidine rings is 1.